The zero-order chi connectivity index (χ0) is 30.1. The Bertz CT molecular complexity index is 1410. The van der Waals surface area contributed by atoms with Gasteiger partial charge in [0.15, 0.2) is 0 Å². The highest BCUT2D eigenvalue weighted by atomic mass is 32.1. The molecule has 0 bridgehead atoms. The van der Waals surface area contributed by atoms with Crippen molar-refractivity contribution in [3.63, 3.8) is 0 Å². The number of thiol groups is 1. The molecular formula is C27H32N6O7S. The van der Waals surface area contributed by atoms with Gasteiger partial charge in [0.05, 0.1) is 12.5 Å². The number of carboxylic acids is 1. The van der Waals surface area contributed by atoms with E-state index in [9.17, 15) is 34.2 Å². The second-order valence-electron chi connectivity index (χ2n) is 9.42. The normalized spacial score (nSPS) is 13.9. The van der Waals surface area contributed by atoms with Crippen LogP contribution in [0.15, 0.2) is 54.7 Å². The van der Waals surface area contributed by atoms with Crippen LogP contribution in [0.1, 0.15) is 17.5 Å². The fraction of sp³-hybridized carbons (Fsp3) is 0.296. The molecule has 13 nitrogen and oxygen atoms in total. The van der Waals surface area contributed by atoms with Crippen molar-refractivity contribution < 1.29 is 34.2 Å². The lowest BCUT2D eigenvalue weighted by Crippen LogP contribution is -2.58. The predicted molar refractivity (Wildman–Crippen MR) is 153 cm³/mol. The Hall–Kier alpha value is -4.56. The molecule has 10 N–H and O–H groups in total. The van der Waals surface area contributed by atoms with Crippen LogP contribution in [0.2, 0.25) is 0 Å². The molecule has 0 radical (unpaired) electrons. The maximum absolute atomic E-state index is 13.0. The number of nitrogens with one attached hydrogen (secondary N) is 4. The van der Waals surface area contributed by atoms with Crippen LogP contribution in [-0.2, 0) is 36.8 Å². The smallest absolute Gasteiger partial charge is 0.326 e. The van der Waals surface area contributed by atoms with Gasteiger partial charge < -0.3 is 42.6 Å². The van der Waals surface area contributed by atoms with Crippen LogP contribution in [0.25, 0.3) is 10.9 Å². The predicted octanol–water partition coefficient (Wildman–Crippen LogP) is -0.670. The number of fused-ring (bicyclic) bond motifs is 1. The summed E-state index contributed by atoms with van der Waals surface area (Å²) in [6.45, 7) is 0. The summed E-state index contributed by atoms with van der Waals surface area (Å²) in [5.41, 5.74) is 13.4. The zero-order valence-electron chi connectivity index (χ0n) is 21.9. The molecule has 4 amide bonds. The molecule has 0 aliphatic rings. The summed E-state index contributed by atoms with van der Waals surface area (Å²) < 4.78 is 0. The van der Waals surface area contributed by atoms with E-state index in [1.165, 1.54) is 12.1 Å². The first-order valence-corrected chi connectivity index (χ1v) is 13.2. The molecule has 0 spiro atoms. The number of hydrogen-bond donors (Lipinski definition) is 9. The number of rotatable bonds is 14. The van der Waals surface area contributed by atoms with Gasteiger partial charge in [0, 0.05) is 29.3 Å². The first-order valence-electron chi connectivity index (χ1n) is 12.6. The molecule has 0 aliphatic heterocycles. The van der Waals surface area contributed by atoms with E-state index in [2.05, 4.69) is 33.6 Å². The molecule has 0 fully saturated rings. The quantitative estimate of drug-likeness (QED) is 0.110. The maximum Gasteiger partial charge on any atom is 0.326 e. The summed E-state index contributed by atoms with van der Waals surface area (Å²) in [5.74, 6) is -4.83. The fourth-order valence-electron chi connectivity index (χ4n) is 4.13. The van der Waals surface area contributed by atoms with Crippen LogP contribution in [0, 0.1) is 0 Å². The van der Waals surface area contributed by atoms with Crippen LogP contribution in [0.4, 0.5) is 0 Å². The standard InChI is InChI=1S/C27H32N6O7S/c28-18(9-14-5-7-16(34)8-6-14)24(36)33-22(13-41)26(38)31-20(11-23(29)35)25(37)32-21(27(39)40)10-15-12-30-19-4-2-1-3-17(15)19/h1-8,12,18,20-22,30,34,41H,9-11,13,28H2,(H2,29,35)(H,31,38)(H,32,37)(H,33,36)(H,39,40). The third-order valence-electron chi connectivity index (χ3n) is 6.30. The van der Waals surface area contributed by atoms with Crippen molar-refractivity contribution in [3.05, 3.63) is 65.9 Å². The van der Waals surface area contributed by atoms with Gasteiger partial charge in [-0.25, -0.2) is 4.79 Å². The molecule has 0 aliphatic carbocycles. The average molecular weight is 585 g/mol. The SMILES string of the molecule is NC(=O)CC(NC(=O)C(CS)NC(=O)C(N)Cc1ccc(O)cc1)C(=O)NC(Cc1c[nH]c2ccccc12)C(=O)O. The van der Waals surface area contributed by atoms with E-state index in [0.717, 1.165) is 10.9 Å². The number of aromatic hydroxyl groups is 1. The molecule has 0 saturated heterocycles. The van der Waals surface area contributed by atoms with Gasteiger partial charge in [-0.3, -0.25) is 19.2 Å². The minimum atomic E-state index is -1.52. The number of carbonyl (C=O) groups is 5. The second kappa shape index (κ2) is 14.2. The van der Waals surface area contributed by atoms with Crippen LogP contribution in [0.5, 0.6) is 5.75 Å². The number of amides is 4. The summed E-state index contributed by atoms with van der Waals surface area (Å²) in [6, 6.07) is 8.16. The topological polar surface area (TPSA) is 230 Å². The molecule has 3 aromatic rings. The van der Waals surface area contributed by atoms with Gasteiger partial charge in [-0.05, 0) is 35.7 Å². The van der Waals surface area contributed by atoms with Crippen LogP contribution in [0.3, 0.4) is 0 Å². The number of primary amides is 1. The van der Waals surface area contributed by atoms with Crippen molar-refractivity contribution in [2.45, 2.75) is 43.4 Å². The van der Waals surface area contributed by atoms with Gasteiger partial charge in [0.25, 0.3) is 0 Å². The number of benzene rings is 2. The second-order valence-corrected chi connectivity index (χ2v) is 9.78. The Kier molecular flexibility index (Phi) is 10.7. The number of para-hydroxylation sites is 1. The number of H-pyrrole nitrogens is 1. The van der Waals surface area contributed by atoms with E-state index < -0.39 is 60.2 Å². The van der Waals surface area contributed by atoms with Crippen molar-refractivity contribution >= 4 is 53.1 Å². The Balaban J connectivity index is 1.66. The maximum atomic E-state index is 13.0. The third kappa shape index (κ3) is 8.71. The molecule has 2 aromatic carbocycles. The number of hydrogen-bond acceptors (Lipinski definition) is 8. The largest absolute Gasteiger partial charge is 0.508 e. The Morgan fingerprint density at radius 2 is 1.46 bits per heavy atom. The van der Waals surface area contributed by atoms with E-state index in [-0.39, 0.29) is 24.3 Å². The van der Waals surface area contributed by atoms with Crippen LogP contribution < -0.4 is 27.4 Å². The van der Waals surface area contributed by atoms with Gasteiger partial charge >= 0.3 is 5.97 Å². The van der Waals surface area contributed by atoms with Crippen molar-refractivity contribution in [3.8, 4) is 5.75 Å². The molecule has 41 heavy (non-hydrogen) atoms. The lowest BCUT2D eigenvalue weighted by Gasteiger charge is -2.24. The number of aromatic amines is 1. The number of phenols is 1. The van der Waals surface area contributed by atoms with Crippen LogP contribution >= 0.6 is 12.6 Å². The average Bonchev–Trinajstić information content (AvgIpc) is 3.34. The number of carbonyl (C=O) groups excluding carboxylic acids is 4. The van der Waals surface area contributed by atoms with E-state index in [0.29, 0.717) is 11.1 Å². The summed E-state index contributed by atoms with van der Waals surface area (Å²) in [4.78, 5) is 65.3. The zero-order valence-corrected chi connectivity index (χ0v) is 22.8. The molecule has 3 rings (SSSR count). The summed E-state index contributed by atoms with van der Waals surface area (Å²) >= 11 is 4.10. The first-order chi connectivity index (χ1) is 19.5. The molecule has 14 heteroatoms. The van der Waals surface area contributed by atoms with Crippen molar-refractivity contribution in [1.29, 1.82) is 0 Å². The van der Waals surface area contributed by atoms with E-state index in [4.69, 9.17) is 11.5 Å². The first kappa shape index (κ1) is 31.0. The van der Waals surface area contributed by atoms with Gasteiger partial charge in [-0.1, -0.05) is 30.3 Å². The number of nitrogens with two attached hydrogens (primary N) is 2. The lowest BCUT2D eigenvalue weighted by molar-refractivity contribution is -0.142. The number of carboxylic acid groups (broad SMARTS) is 1. The molecule has 0 saturated carbocycles. The molecule has 1 aromatic heterocycles. The number of aromatic nitrogens is 1. The van der Waals surface area contributed by atoms with Crippen molar-refractivity contribution in [2.75, 3.05) is 5.75 Å². The highest BCUT2D eigenvalue weighted by Gasteiger charge is 2.31. The molecule has 218 valence electrons. The third-order valence-corrected chi connectivity index (χ3v) is 6.66. The molecule has 1 heterocycles. The van der Waals surface area contributed by atoms with Gasteiger partial charge in [0.2, 0.25) is 23.6 Å². The van der Waals surface area contributed by atoms with Gasteiger partial charge in [0.1, 0.15) is 23.9 Å². The van der Waals surface area contributed by atoms with Crippen molar-refractivity contribution in [1.82, 2.24) is 20.9 Å². The minimum Gasteiger partial charge on any atom is -0.508 e. The summed E-state index contributed by atoms with van der Waals surface area (Å²) in [6.07, 6.45) is 1.07. The molecular weight excluding hydrogens is 552 g/mol. The Morgan fingerprint density at radius 1 is 0.854 bits per heavy atom. The van der Waals surface area contributed by atoms with E-state index in [1.54, 1.807) is 30.5 Å². The van der Waals surface area contributed by atoms with Crippen LogP contribution in [-0.4, -0.2) is 74.7 Å². The number of phenolic OH excluding ortho intramolecular Hbond substituents is 1. The Morgan fingerprint density at radius 3 is 2.10 bits per heavy atom. The molecule has 4 atom stereocenters. The van der Waals surface area contributed by atoms with Gasteiger partial charge in [-0.2, -0.15) is 12.6 Å². The summed E-state index contributed by atoms with van der Waals surface area (Å²) in [7, 11) is 0. The monoisotopic (exact) mass is 584 g/mol. The van der Waals surface area contributed by atoms with Gasteiger partial charge in [-0.15, -0.1) is 0 Å². The summed E-state index contributed by atoms with van der Waals surface area (Å²) in [5, 5.41) is 27.1. The van der Waals surface area contributed by atoms with E-state index in [1.807, 2.05) is 12.1 Å². The van der Waals surface area contributed by atoms with E-state index >= 15 is 0 Å². The Labute approximate surface area is 240 Å². The highest BCUT2D eigenvalue weighted by molar-refractivity contribution is 7.80. The lowest BCUT2D eigenvalue weighted by atomic mass is 10.0. The minimum absolute atomic E-state index is 0.0563. The number of aliphatic carboxylic acids is 1. The highest BCUT2D eigenvalue weighted by Crippen LogP contribution is 2.19. The fourth-order valence-corrected chi connectivity index (χ4v) is 4.38. The van der Waals surface area contributed by atoms with Crippen molar-refractivity contribution in [2.24, 2.45) is 11.5 Å². The molecule has 4 unspecified atom stereocenters.